The van der Waals surface area contributed by atoms with Gasteiger partial charge in [-0.15, -0.1) is 0 Å². The smallest absolute Gasteiger partial charge is 0.332 e. The Labute approximate surface area is 187 Å². The van der Waals surface area contributed by atoms with Gasteiger partial charge in [0.1, 0.15) is 19.2 Å². The highest BCUT2D eigenvalue weighted by molar-refractivity contribution is 5.74. The summed E-state index contributed by atoms with van der Waals surface area (Å²) in [6, 6.07) is 10.1. The van der Waals surface area contributed by atoms with Gasteiger partial charge >= 0.3 is 5.69 Å². The van der Waals surface area contributed by atoms with Crippen LogP contribution in [0.1, 0.15) is 25.3 Å². The van der Waals surface area contributed by atoms with Crippen molar-refractivity contribution in [3.05, 3.63) is 56.7 Å². The number of rotatable bonds is 10. The number of halogens is 1. The number of hydrogen-bond acceptors (Lipinski definition) is 5. The molecule has 4 N–H and O–H groups in total. The van der Waals surface area contributed by atoms with Crippen molar-refractivity contribution in [2.75, 3.05) is 18.4 Å². The van der Waals surface area contributed by atoms with Gasteiger partial charge in [-0.1, -0.05) is 43.7 Å². The number of nitrogens with two attached hydrogens (primary N) is 1. The van der Waals surface area contributed by atoms with Crippen LogP contribution < -0.4 is 34.3 Å². The van der Waals surface area contributed by atoms with Crippen molar-refractivity contribution < 1.29 is 22.8 Å². The molecule has 3 aromatic rings. The number of benzene rings is 1. The molecular weight excluding hydrogens is 420 g/mol. The number of imidazole rings is 1. The van der Waals surface area contributed by atoms with Gasteiger partial charge in [0.15, 0.2) is 11.2 Å². The quantitative estimate of drug-likeness (QED) is 0.281. The summed E-state index contributed by atoms with van der Waals surface area (Å²) >= 11 is 0. The summed E-state index contributed by atoms with van der Waals surface area (Å²) in [7, 11) is 3.05. The molecule has 0 aliphatic heterocycles. The molecule has 0 aliphatic carbocycles. The molecule has 1 aromatic carbocycles. The lowest BCUT2D eigenvalue weighted by molar-refractivity contribution is -0.676. The van der Waals surface area contributed by atoms with E-state index < -0.39 is 17.4 Å². The molecule has 0 radical (unpaired) electrons. The fourth-order valence-corrected chi connectivity index (χ4v) is 3.48. The van der Waals surface area contributed by atoms with Crippen LogP contribution in [0.4, 0.5) is 5.95 Å². The van der Waals surface area contributed by atoms with Crippen LogP contribution in [0.15, 0.2) is 39.9 Å². The van der Waals surface area contributed by atoms with E-state index in [1.807, 2.05) is 35.6 Å². The average molecular weight is 451 g/mol. The van der Waals surface area contributed by atoms with Crippen molar-refractivity contribution in [2.45, 2.75) is 39.0 Å². The number of fused-ring (bicyclic) bond motifs is 1. The first-order chi connectivity index (χ1) is 14.4. The lowest BCUT2D eigenvalue weighted by atomic mass is 10.2. The van der Waals surface area contributed by atoms with Gasteiger partial charge < -0.3 is 32.7 Å². The Kier molecular flexibility index (Phi) is 8.85. The number of aryl methyl sites for hydroxylation is 1. The number of unbranched alkanes of at least 4 members (excludes halogenated alkanes) is 1. The number of aliphatic hydroxyl groups excluding tert-OH is 1. The average Bonchev–Trinajstić information content (AvgIpc) is 3.10. The molecule has 1 unspecified atom stereocenters. The largest absolute Gasteiger partial charge is 1.00 e. The summed E-state index contributed by atoms with van der Waals surface area (Å²) in [5.41, 5.74) is 0.991. The van der Waals surface area contributed by atoms with Gasteiger partial charge in [0.05, 0.1) is 6.54 Å². The number of aromatic nitrogens is 4. The van der Waals surface area contributed by atoms with Gasteiger partial charge in [0.2, 0.25) is 5.95 Å². The molecule has 0 spiro atoms. The number of aliphatic hydroxyl groups is 1. The van der Waals surface area contributed by atoms with E-state index in [1.165, 1.54) is 17.2 Å². The topological polar surface area (TPSA) is 111 Å². The van der Waals surface area contributed by atoms with Crippen LogP contribution in [0.25, 0.3) is 11.2 Å². The highest BCUT2D eigenvalue weighted by Crippen LogP contribution is 2.16. The Morgan fingerprint density at radius 1 is 1.16 bits per heavy atom. The maximum atomic E-state index is 12.8. The highest BCUT2D eigenvalue weighted by atomic mass is 35.5. The molecule has 0 amide bonds. The van der Waals surface area contributed by atoms with Gasteiger partial charge in [0.25, 0.3) is 5.56 Å². The molecule has 170 valence electrons. The van der Waals surface area contributed by atoms with Crippen molar-refractivity contribution in [3.63, 3.8) is 0 Å². The minimum atomic E-state index is -0.681. The molecule has 1 atom stereocenters. The lowest BCUT2D eigenvalue weighted by Crippen LogP contribution is -3.00. The fraction of sp³-hybridized carbons (Fsp3) is 0.476. The van der Waals surface area contributed by atoms with Crippen molar-refractivity contribution >= 4 is 17.1 Å². The zero-order valence-corrected chi connectivity index (χ0v) is 19.0. The first kappa shape index (κ1) is 24.6. The molecule has 2 aromatic heterocycles. The number of hydrogen-bond donors (Lipinski definition) is 3. The summed E-state index contributed by atoms with van der Waals surface area (Å²) in [6.07, 6.45) is 1.29. The first-order valence-electron chi connectivity index (χ1n) is 10.4. The Bertz CT molecular complexity index is 1110. The molecule has 2 heterocycles. The van der Waals surface area contributed by atoms with E-state index >= 15 is 0 Å². The third-order valence-corrected chi connectivity index (χ3v) is 5.22. The summed E-state index contributed by atoms with van der Waals surface area (Å²) < 4.78 is 4.14. The van der Waals surface area contributed by atoms with Crippen LogP contribution in [0.2, 0.25) is 0 Å². The number of nitrogens with zero attached hydrogens (tertiary/aromatic N) is 4. The van der Waals surface area contributed by atoms with E-state index in [0.29, 0.717) is 30.2 Å². The SMILES string of the molecule is CCCCNc1nc2c(c(=O)n(C)c(=O)n2C)n1CC(O)C[NH2+]Cc1ccccc1.[Cl-]. The predicted molar refractivity (Wildman–Crippen MR) is 117 cm³/mol. The standard InChI is InChI=1S/C21H30N6O3.ClH/c1-4-5-11-23-20-24-18-17(19(29)26(3)21(30)25(18)2)27(20)14-16(28)13-22-12-15-9-7-6-8-10-15;/h6-10,16,22,28H,4-5,11-14H2,1-3H3,(H,23,24);1H. The van der Waals surface area contributed by atoms with Crippen LogP contribution in [0.5, 0.6) is 0 Å². The van der Waals surface area contributed by atoms with Crippen LogP contribution in [-0.4, -0.2) is 43.0 Å². The molecule has 0 saturated carbocycles. The van der Waals surface area contributed by atoms with Gasteiger partial charge in [0, 0.05) is 26.2 Å². The van der Waals surface area contributed by atoms with E-state index in [2.05, 4.69) is 17.2 Å². The van der Waals surface area contributed by atoms with E-state index in [4.69, 9.17) is 0 Å². The van der Waals surface area contributed by atoms with Crippen molar-refractivity contribution in [2.24, 2.45) is 14.1 Å². The molecule has 10 heteroatoms. The maximum absolute atomic E-state index is 12.8. The zero-order valence-electron chi connectivity index (χ0n) is 18.2. The molecule has 0 fully saturated rings. The van der Waals surface area contributed by atoms with Crippen LogP contribution in [0.3, 0.4) is 0 Å². The number of quaternary nitrogens is 1. The van der Waals surface area contributed by atoms with Gasteiger partial charge in [-0.2, -0.15) is 4.98 Å². The Morgan fingerprint density at radius 2 is 1.87 bits per heavy atom. The summed E-state index contributed by atoms with van der Waals surface area (Å²) in [6.45, 7) is 4.25. The third-order valence-electron chi connectivity index (χ3n) is 5.22. The number of nitrogens with one attached hydrogen (secondary N) is 1. The van der Waals surface area contributed by atoms with E-state index in [9.17, 15) is 14.7 Å². The second-order valence-corrected chi connectivity index (χ2v) is 7.57. The molecule has 3 rings (SSSR count). The van der Waals surface area contributed by atoms with Crippen LogP contribution in [-0.2, 0) is 27.2 Å². The normalized spacial score (nSPS) is 12.0. The molecule has 0 saturated heterocycles. The van der Waals surface area contributed by atoms with Crippen molar-refractivity contribution in [1.29, 1.82) is 0 Å². The Balaban J connectivity index is 0.00000341. The summed E-state index contributed by atoms with van der Waals surface area (Å²) in [5.74, 6) is 0.499. The molecule has 0 bridgehead atoms. The minimum absolute atomic E-state index is 0. The fourth-order valence-electron chi connectivity index (χ4n) is 3.48. The van der Waals surface area contributed by atoms with Crippen LogP contribution >= 0.6 is 0 Å². The Hall–Kier alpha value is -2.62. The minimum Gasteiger partial charge on any atom is -1.00 e. The monoisotopic (exact) mass is 450 g/mol. The van der Waals surface area contributed by atoms with Crippen LogP contribution in [0, 0.1) is 0 Å². The van der Waals surface area contributed by atoms with Crippen molar-refractivity contribution in [3.8, 4) is 0 Å². The maximum Gasteiger partial charge on any atom is 0.332 e. The second-order valence-electron chi connectivity index (χ2n) is 7.57. The predicted octanol–water partition coefficient (Wildman–Crippen LogP) is -3.23. The van der Waals surface area contributed by atoms with Gasteiger partial charge in [-0.05, 0) is 6.42 Å². The van der Waals surface area contributed by atoms with E-state index in [0.717, 1.165) is 24.0 Å². The zero-order chi connectivity index (χ0) is 21.7. The summed E-state index contributed by atoms with van der Waals surface area (Å²) in [4.78, 5) is 29.6. The summed E-state index contributed by atoms with van der Waals surface area (Å²) in [5, 5.41) is 15.9. The van der Waals surface area contributed by atoms with Crippen molar-refractivity contribution in [1.82, 2.24) is 18.7 Å². The highest BCUT2D eigenvalue weighted by Gasteiger charge is 2.21. The lowest BCUT2D eigenvalue weighted by Gasteiger charge is -2.14. The van der Waals surface area contributed by atoms with E-state index in [-0.39, 0.29) is 19.0 Å². The molecule has 9 nitrogen and oxygen atoms in total. The third kappa shape index (κ3) is 5.55. The van der Waals surface area contributed by atoms with Gasteiger partial charge in [-0.3, -0.25) is 13.9 Å². The second kappa shape index (κ2) is 11.1. The number of anilines is 1. The van der Waals surface area contributed by atoms with Gasteiger partial charge in [-0.25, -0.2) is 4.79 Å². The van der Waals surface area contributed by atoms with E-state index in [1.54, 1.807) is 11.6 Å². The first-order valence-corrected chi connectivity index (χ1v) is 10.4. The molecule has 31 heavy (non-hydrogen) atoms. The molecule has 0 aliphatic rings. The Morgan fingerprint density at radius 3 is 2.55 bits per heavy atom. The molecular formula is C21H31ClN6O3.